The minimum absolute atomic E-state index is 0. The molecule has 162 valence electrons. The average Bonchev–Trinajstić information content (AvgIpc) is 2.75. The summed E-state index contributed by atoms with van der Waals surface area (Å²) in [6.45, 7) is 4.94. The number of para-hydroxylation sites is 1. The first kappa shape index (κ1) is 24.0. The molecule has 1 heterocycles. The van der Waals surface area contributed by atoms with Crippen LogP contribution in [0.4, 0.5) is 0 Å². The molecule has 30 heavy (non-hydrogen) atoms. The number of nitrogens with zero attached hydrogens (tertiary/aromatic N) is 2. The summed E-state index contributed by atoms with van der Waals surface area (Å²) >= 11 is 0. The fourth-order valence-corrected chi connectivity index (χ4v) is 3.45. The lowest BCUT2D eigenvalue weighted by molar-refractivity contribution is 0.0954. The molecule has 1 saturated heterocycles. The summed E-state index contributed by atoms with van der Waals surface area (Å²) in [5.41, 5.74) is 1.77. The normalized spacial score (nSPS) is 14.6. The third-order valence-corrected chi connectivity index (χ3v) is 4.97. The molecule has 3 rings (SSSR count). The third kappa shape index (κ3) is 7.19. The standard InChI is InChI=1S/C23H30N4O2.HI/c1-18-7-6-8-19(17-18)22(28)25-13-14-26-23(24-2)27-15-11-21(12-16-27)29-20-9-4-3-5-10-20;/h3-10,17,21H,11-16H2,1-2H3,(H,24,26)(H,25,28);1H. The van der Waals surface area contributed by atoms with E-state index in [0.29, 0.717) is 18.7 Å². The van der Waals surface area contributed by atoms with E-state index in [9.17, 15) is 4.79 Å². The molecule has 6 nitrogen and oxygen atoms in total. The fourth-order valence-electron chi connectivity index (χ4n) is 3.45. The molecule has 0 aromatic heterocycles. The molecule has 0 spiro atoms. The van der Waals surface area contributed by atoms with Gasteiger partial charge in [-0.3, -0.25) is 9.79 Å². The number of carbonyl (C=O) groups excluding carboxylic acids is 1. The van der Waals surface area contributed by atoms with Gasteiger partial charge in [0, 0.05) is 51.6 Å². The monoisotopic (exact) mass is 522 g/mol. The van der Waals surface area contributed by atoms with E-state index in [1.165, 1.54) is 0 Å². The fraction of sp³-hybridized carbons (Fsp3) is 0.391. The van der Waals surface area contributed by atoms with Gasteiger partial charge in [-0.15, -0.1) is 24.0 Å². The number of likely N-dealkylation sites (tertiary alicyclic amines) is 1. The lowest BCUT2D eigenvalue weighted by Gasteiger charge is -2.34. The van der Waals surface area contributed by atoms with Crippen molar-refractivity contribution in [3.63, 3.8) is 0 Å². The van der Waals surface area contributed by atoms with E-state index in [0.717, 1.165) is 43.2 Å². The van der Waals surface area contributed by atoms with E-state index >= 15 is 0 Å². The molecule has 7 heteroatoms. The van der Waals surface area contributed by atoms with Gasteiger partial charge in [-0.05, 0) is 31.2 Å². The van der Waals surface area contributed by atoms with Crippen LogP contribution >= 0.6 is 24.0 Å². The van der Waals surface area contributed by atoms with Gasteiger partial charge in [-0.2, -0.15) is 0 Å². The number of aryl methyl sites for hydroxylation is 1. The van der Waals surface area contributed by atoms with Crippen molar-refractivity contribution in [2.75, 3.05) is 33.2 Å². The maximum absolute atomic E-state index is 12.2. The van der Waals surface area contributed by atoms with E-state index in [-0.39, 0.29) is 36.0 Å². The van der Waals surface area contributed by atoms with E-state index < -0.39 is 0 Å². The molecule has 0 atom stereocenters. The lowest BCUT2D eigenvalue weighted by Crippen LogP contribution is -2.48. The molecule has 2 aromatic carbocycles. The molecule has 0 aliphatic carbocycles. The van der Waals surface area contributed by atoms with Crippen LogP contribution in [-0.4, -0.2) is 56.1 Å². The van der Waals surface area contributed by atoms with Crippen molar-refractivity contribution in [3.05, 3.63) is 65.7 Å². The van der Waals surface area contributed by atoms with Gasteiger partial charge in [0.1, 0.15) is 11.9 Å². The Morgan fingerprint density at radius 3 is 2.43 bits per heavy atom. The number of nitrogens with one attached hydrogen (secondary N) is 2. The number of amides is 1. The predicted molar refractivity (Wildman–Crippen MR) is 132 cm³/mol. The first-order valence-electron chi connectivity index (χ1n) is 10.2. The number of hydrogen-bond donors (Lipinski definition) is 2. The van der Waals surface area contributed by atoms with Crippen molar-refractivity contribution in [3.8, 4) is 5.75 Å². The molecule has 0 saturated carbocycles. The zero-order chi connectivity index (χ0) is 20.5. The van der Waals surface area contributed by atoms with Crippen molar-refractivity contribution < 1.29 is 9.53 Å². The van der Waals surface area contributed by atoms with Crippen LogP contribution in [-0.2, 0) is 0 Å². The van der Waals surface area contributed by atoms with Crippen molar-refractivity contribution in [2.24, 2.45) is 4.99 Å². The van der Waals surface area contributed by atoms with Crippen LogP contribution in [0, 0.1) is 6.92 Å². The van der Waals surface area contributed by atoms with Gasteiger partial charge >= 0.3 is 0 Å². The third-order valence-electron chi connectivity index (χ3n) is 4.97. The first-order valence-corrected chi connectivity index (χ1v) is 10.2. The molecule has 2 N–H and O–H groups in total. The van der Waals surface area contributed by atoms with E-state index in [1.54, 1.807) is 7.05 Å². The zero-order valence-corrected chi connectivity index (χ0v) is 20.0. The van der Waals surface area contributed by atoms with Crippen molar-refractivity contribution >= 4 is 35.8 Å². The SMILES string of the molecule is CN=C(NCCNC(=O)c1cccc(C)c1)N1CCC(Oc2ccccc2)CC1.I. The summed E-state index contributed by atoms with van der Waals surface area (Å²) in [5.74, 6) is 1.75. The number of guanidine groups is 1. The Morgan fingerprint density at radius 1 is 1.07 bits per heavy atom. The highest BCUT2D eigenvalue weighted by molar-refractivity contribution is 14.0. The highest BCUT2D eigenvalue weighted by Gasteiger charge is 2.22. The van der Waals surface area contributed by atoms with Crippen LogP contribution in [0.3, 0.4) is 0 Å². The summed E-state index contributed by atoms with van der Waals surface area (Å²) < 4.78 is 6.06. The van der Waals surface area contributed by atoms with Gasteiger partial charge in [0.2, 0.25) is 0 Å². The number of piperidine rings is 1. The number of halogens is 1. The van der Waals surface area contributed by atoms with E-state index in [4.69, 9.17) is 4.74 Å². The Balaban J connectivity index is 0.00000320. The quantitative estimate of drug-likeness (QED) is 0.264. The summed E-state index contributed by atoms with van der Waals surface area (Å²) in [6, 6.07) is 17.6. The van der Waals surface area contributed by atoms with Crippen LogP contribution < -0.4 is 15.4 Å². The number of rotatable bonds is 6. The molecule has 1 aliphatic heterocycles. The molecule has 1 amide bonds. The second-order valence-corrected chi connectivity index (χ2v) is 7.22. The number of aliphatic imine (C=N–C) groups is 1. The maximum atomic E-state index is 12.2. The minimum Gasteiger partial charge on any atom is -0.490 e. The smallest absolute Gasteiger partial charge is 0.251 e. The Labute approximate surface area is 196 Å². The lowest BCUT2D eigenvalue weighted by atomic mass is 10.1. The zero-order valence-electron chi connectivity index (χ0n) is 17.6. The molecule has 0 bridgehead atoms. The second kappa shape index (κ2) is 12.4. The van der Waals surface area contributed by atoms with Gasteiger partial charge in [0.05, 0.1) is 0 Å². The Kier molecular flexibility index (Phi) is 9.93. The van der Waals surface area contributed by atoms with Gasteiger partial charge in [-0.25, -0.2) is 0 Å². The topological polar surface area (TPSA) is 66.0 Å². The maximum Gasteiger partial charge on any atom is 0.251 e. The predicted octanol–water partition coefficient (Wildman–Crippen LogP) is 3.46. The van der Waals surface area contributed by atoms with E-state index in [2.05, 4.69) is 20.5 Å². The average molecular weight is 522 g/mol. The van der Waals surface area contributed by atoms with Crippen molar-refractivity contribution in [1.29, 1.82) is 0 Å². The molecule has 0 radical (unpaired) electrons. The highest BCUT2D eigenvalue weighted by atomic mass is 127. The first-order chi connectivity index (χ1) is 14.2. The minimum atomic E-state index is -0.0515. The van der Waals surface area contributed by atoms with Crippen LogP contribution in [0.2, 0.25) is 0 Å². The Morgan fingerprint density at radius 2 is 1.77 bits per heavy atom. The number of hydrogen-bond acceptors (Lipinski definition) is 3. The molecule has 1 fully saturated rings. The Bertz CT molecular complexity index is 821. The van der Waals surface area contributed by atoms with Crippen LogP contribution in [0.25, 0.3) is 0 Å². The Hall–Kier alpha value is -2.29. The molecule has 0 unspecified atom stereocenters. The molecule has 2 aromatic rings. The number of ether oxygens (including phenoxy) is 1. The van der Waals surface area contributed by atoms with Crippen molar-refractivity contribution in [2.45, 2.75) is 25.9 Å². The van der Waals surface area contributed by atoms with Crippen LogP contribution in [0.1, 0.15) is 28.8 Å². The summed E-state index contributed by atoms with van der Waals surface area (Å²) in [5, 5.41) is 6.29. The van der Waals surface area contributed by atoms with Crippen molar-refractivity contribution in [1.82, 2.24) is 15.5 Å². The summed E-state index contributed by atoms with van der Waals surface area (Å²) in [4.78, 5) is 18.8. The second-order valence-electron chi connectivity index (χ2n) is 7.22. The summed E-state index contributed by atoms with van der Waals surface area (Å²) in [6.07, 6.45) is 2.15. The van der Waals surface area contributed by atoms with E-state index in [1.807, 2.05) is 61.5 Å². The van der Waals surface area contributed by atoms with Gasteiger partial charge in [0.25, 0.3) is 5.91 Å². The molecular formula is C23H31IN4O2. The number of carbonyl (C=O) groups is 1. The van der Waals surface area contributed by atoms with Gasteiger partial charge in [-0.1, -0.05) is 35.9 Å². The molecule has 1 aliphatic rings. The van der Waals surface area contributed by atoms with Crippen LogP contribution in [0.5, 0.6) is 5.75 Å². The van der Waals surface area contributed by atoms with Gasteiger partial charge in [0.15, 0.2) is 5.96 Å². The highest BCUT2D eigenvalue weighted by Crippen LogP contribution is 2.18. The summed E-state index contributed by atoms with van der Waals surface area (Å²) in [7, 11) is 1.79. The van der Waals surface area contributed by atoms with Crippen LogP contribution in [0.15, 0.2) is 59.6 Å². The largest absolute Gasteiger partial charge is 0.490 e. The number of benzene rings is 2. The molecular weight excluding hydrogens is 491 g/mol. The van der Waals surface area contributed by atoms with Gasteiger partial charge < -0.3 is 20.3 Å².